The van der Waals surface area contributed by atoms with E-state index in [0.29, 0.717) is 13.1 Å². The molecule has 1 aliphatic rings. The van der Waals surface area contributed by atoms with E-state index in [1.807, 2.05) is 18.2 Å². The van der Waals surface area contributed by atoms with Crippen molar-refractivity contribution in [2.75, 3.05) is 32.7 Å². The van der Waals surface area contributed by atoms with Gasteiger partial charge in [0.1, 0.15) is 4.90 Å². The lowest BCUT2D eigenvalue weighted by molar-refractivity contribution is -0.903. The Kier molecular flexibility index (Phi) is 6.02. The molecule has 0 spiro atoms. The molecule has 0 bridgehead atoms. The van der Waals surface area contributed by atoms with Crippen molar-refractivity contribution < 1.29 is 13.3 Å². The van der Waals surface area contributed by atoms with Crippen molar-refractivity contribution in [3.05, 3.63) is 64.1 Å². The van der Waals surface area contributed by atoms with Gasteiger partial charge in [-0.1, -0.05) is 59.6 Å². The molecule has 3 rings (SSSR count). The fraction of sp³-hybridized carbons (Fsp3) is 0.333. The Hall–Kier alpha value is -1.11. The number of rotatable bonds is 5. The third-order valence-corrected chi connectivity index (χ3v) is 7.41. The number of sulfonamides is 1. The summed E-state index contributed by atoms with van der Waals surface area (Å²) in [6.07, 6.45) is 0.999. The van der Waals surface area contributed by atoms with Crippen molar-refractivity contribution in [1.29, 1.82) is 0 Å². The van der Waals surface area contributed by atoms with Crippen molar-refractivity contribution in [3.8, 4) is 0 Å². The van der Waals surface area contributed by atoms with Crippen molar-refractivity contribution in [2.45, 2.75) is 11.3 Å². The standard InChI is InChI=1S/C18H20Cl2N2O2S/c19-16-7-4-8-17(20)18(16)25(23,24)22-13-11-21(12-14-22)10-9-15-5-2-1-3-6-15/h1-8H,9-14H2/p+1. The highest BCUT2D eigenvalue weighted by molar-refractivity contribution is 7.89. The van der Waals surface area contributed by atoms with Crippen molar-refractivity contribution in [1.82, 2.24) is 4.31 Å². The second kappa shape index (κ2) is 8.06. The van der Waals surface area contributed by atoms with Crippen LogP contribution in [0.5, 0.6) is 0 Å². The molecule has 0 aromatic heterocycles. The van der Waals surface area contributed by atoms with Crippen LogP contribution in [-0.4, -0.2) is 45.4 Å². The second-order valence-electron chi connectivity index (χ2n) is 6.19. The molecule has 1 aliphatic heterocycles. The maximum Gasteiger partial charge on any atom is 0.246 e. The van der Waals surface area contributed by atoms with Crippen LogP contribution in [0.1, 0.15) is 5.56 Å². The molecule has 1 heterocycles. The predicted molar refractivity (Wildman–Crippen MR) is 101 cm³/mol. The van der Waals surface area contributed by atoms with Crippen molar-refractivity contribution in [2.24, 2.45) is 0 Å². The van der Waals surface area contributed by atoms with Gasteiger partial charge in [-0.3, -0.25) is 0 Å². The number of nitrogens with zero attached hydrogens (tertiary/aromatic N) is 1. The summed E-state index contributed by atoms with van der Waals surface area (Å²) in [6, 6.07) is 15.1. The van der Waals surface area contributed by atoms with E-state index in [1.54, 1.807) is 18.2 Å². The lowest BCUT2D eigenvalue weighted by atomic mass is 10.1. The minimum Gasteiger partial charge on any atom is -0.332 e. The van der Waals surface area contributed by atoms with E-state index in [2.05, 4.69) is 12.1 Å². The Bertz CT molecular complexity index is 800. The number of halogens is 2. The normalized spacial score (nSPS) is 16.9. The van der Waals surface area contributed by atoms with Gasteiger partial charge >= 0.3 is 0 Å². The van der Waals surface area contributed by atoms with Gasteiger partial charge in [-0.15, -0.1) is 0 Å². The molecule has 25 heavy (non-hydrogen) atoms. The predicted octanol–water partition coefficient (Wildman–Crippen LogP) is 2.13. The quantitative estimate of drug-likeness (QED) is 0.836. The van der Waals surface area contributed by atoms with Crippen LogP contribution >= 0.6 is 23.2 Å². The molecular formula is C18H21Cl2N2O2S+. The third-order valence-electron chi connectivity index (χ3n) is 4.56. The molecule has 0 atom stereocenters. The molecule has 0 unspecified atom stereocenters. The minimum atomic E-state index is -3.66. The Morgan fingerprint density at radius 3 is 2.12 bits per heavy atom. The van der Waals surface area contributed by atoms with E-state index in [0.717, 1.165) is 26.1 Å². The second-order valence-corrected chi connectivity index (χ2v) is 8.88. The van der Waals surface area contributed by atoms with Crippen LogP contribution in [0.2, 0.25) is 10.0 Å². The highest BCUT2D eigenvalue weighted by atomic mass is 35.5. The first-order valence-electron chi connectivity index (χ1n) is 8.30. The smallest absolute Gasteiger partial charge is 0.246 e. The first-order chi connectivity index (χ1) is 12.0. The molecule has 1 saturated heterocycles. The average molecular weight is 400 g/mol. The molecule has 0 radical (unpaired) electrons. The SMILES string of the molecule is O=S(=O)(c1c(Cl)cccc1Cl)N1CC[NH+](CCc2ccccc2)CC1. The summed E-state index contributed by atoms with van der Waals surface area (Å²) in [5.74, 6) is 0. The zero-order chi connectivity index (χ0) is 17.9. The van der Waals surface area contributed by atoms with Gasteiger partial charge in [0, 0.05) is 6.42 Å². The van der Waals surface area contributed by atoms with Gasteiger partial charge < -0.3 is 4.90 Å². The Morgan fingerprint density at radius 2 is 1.52 bits per heavy atom. The highest BCUT2D eigenvalue weighted by Gasteiger charge is 2.33. The van der Waals surface area contributed by atoms with E-state index in [4.69, 9.17) is 23.2 Å². The zero-order valence-electron chi connectivity index (χ0n) is 13.8. The zero-order valence-corrected chi connectivity index (χ0v) is 16.1. The lowest BCUT2D eigenvalue weighted by Gasteiger charge is -2.31. The van der Waals surface area contributed by atoms with Crippen LogP contribution < -0.4 is 4.90 Å². The van der Waals surface area contributed by atoms with E-state index < -0.39 is 10.0 Å². The molecule has 1 N–H and O–H groups in total. The molecule has 7 heteroatoms. The summed E-state index contributed by atoms with van der Waals surface area (Å²) in [4.78, 5) is 1.44. The van der Waals surface area contributed by atoms with Crippen LogP contribution in [0.25, 0.3) is 0 Å². The van der Waals surface area contributed by atoms with Crippen molar-refractivity contribution in [3.63, 3.8) is 0 Å². The summed E-state index contributed by atoms with van der Waals surface area (Å²) in [5, 5.41) is 0.345. The Balaban J connectivity index is 1.62. The van der Waals surface area contributed by atoms with Crippen LogP contribution in [0.15, 0.2) is 53.4 Å². The topological polar surface area (TPSA) is 41.8 Å². The van der Waals surface area contributed by atoms with Gasteiger partial charge in [0.2, 0.25) is 10.0 Å². The van der Waals surface area contributed by atoms with Gasteiger partial charge in [0.25, 0.3) is 0 Å². The van der Waals surface area contributed by atoms with Crippen molar-refractivity contribution >= 4 is 33.2 Å². The van der Waals surface area contributed by atoms with Gasteiger partial charge in [-0.05, 0) is 17.7 Å². The maximum atomic E-state index is 12.9. The number of quaternary nitrogens is 1. The van der Waals surface area contributed by atoms with Gasteiger partial charge in [-0.2, -0.15) is 4.31 Å². The Morgan fingerprint density at radius 1 is 0.920 bits per heavy atom. The average Bonchev–Trinajstić information content (AvgIpc) is 2.61. The molecule has 0 amide bonds. The third kappa shape index (κ3) is 4.36. The summed E-state index contributed by atoms with van der Waals surface area (Å²) < 4.78 is 27.2. The number of hydrogen-bond acceptors (Lipinski definition) is 2. The lowest BCUT2D eigenvalue weighted by Crippen LogP contribution is -3.15. The number of piperazine rings is 1. The summed E-state index contributed by atoms with van der Waals surface area (Å²) >= 11 is 12.2. The van der Waals surface area contributed by atoms with Gasteiger partial charge in [-0.25, -0.2) is 8.42 Å². The monoisotopic (exact) mass is 399 g/mol. The fourth-order valence-corrected chi connectivity index (χ4v) is 5.65. The minimum absolute atomic E-state index is 0.0195. The van der Waals surface area contributed by atoms with Crippen LogP contribution in [0, 0.1) is 0 Å². The van der Waals surface area contributed by atoms with Crippen LogP contribution in [0.3, 0.4) is 0 Å². The molecular weight excluding hydrogens is 379 g/mol. The maximum absolute atomic E-state index is 12.9. The largest absolute Gasteiger partial charge is 0.332 e. The summed E-state index contributed by atoms with van der Waals surface area (Å²) in [7, 11) is -3.66. The number of nitrogens with one attached hydrogen (secondary N) is 1. The van der Waals surface area contributed by atoms with E-state index in [-0.39, 0.29) is 14.9 Å². The molecule has 2 aromatic carbocycles. The molecule has 134 valence electrons. The molecule has 0 aliphatic carbocycles. The van der Waals surface area contributed by atoms with Crippen LogP contribution in [0.4, 0.5) is 0 Å². The van der Waals surface area contributed by atoms with Crippen LogP contribution in [-0.2, 0) is 16.4 Å². The van der Waals surface area contributed by atoms with E-state index in [9.17, 15) is 8.42 Å². The van der Waals surface area contributed by atoms with Gasteiger partial charge in [0.15, 0.2) is 0 Å². The van der Waals surface area contributed by atoms with E-state index >= 15 is 0 Å². The molecule has 1 fully saturated rings. The number of hydrogen-bond donors (Lipinski definition) is 1. The first-order valence-corrected chi connectivity index (χ1v) is 10.5. The summed E-state index contributed by atoms with van der Waals surface area (Å²) in [6.45, 7) is 3.54. The Labute approximate surface area is 159 Å². The van der Waals surface area contributed by atoms with Gasteiger partial charge in [0.05, 0.1) is 42.8 Å². The molecule has 4 nitrogen and oxygen atoms in total. The number of benzene rings is 2. The molecule has 0 saturated carbocycles. The highest BCUT2D eigenvalue weighted by Crippen LogP contribution is 2.31. The summed E-state index contributed by atoms with van der Waals surface area (Å²) in [5.41, 5.74) is 1.31. The molecule has 2 aromatic rings. The first kappa shape index (κ1) is 18.7. The van der Waals surface area contributed by atoms with E-state index in [1.165, 1.54) is 14.8 Å². The fourth-order valence-electron chi connectivity index (χ4n) is 3.12.